The molecule has 1 amide bonds. The molecule has 1 atom stereocenters. The summed E-state index contributed by atoms with van der Waals surface area (Å²) in [6.07, 6.45) is 1.90. The topological polar surface area (TPSA) is 97.4 Å². The van der Waals surface area contributed by atoms with Crippen molar-refractivity contribution in [3.05, 3.63) is 53.1 Å². The first-order valence-electron chi connectivity index (χ1n) is 9.95. The van der Waals surface area contributed by atoms with Crippen LogP contribution in [0.2, 0.25) is 5.02 Å². The second-order valence-electron chi connectivity index (χ2n) is 6.96. The van der Waals surface area contributed by atoms with Crippen molar-refractivity contribution in [1.82, 2.24) is 20.6 Å². The lowest BCUT2D eigenvalue weighted by Gasteiger charge is -2.19. The van der Waals surface area contributed by atoms with Crippen LogP contribution in [0.5, 0.6) is 5.75 Å². The van der Waals surface area contributed by atoms with Gasteiger partial charge in [0.2, 0.25) is 5.91 Å². The number of hydrogen-bond acceptors (Lipinski definition) is 7. The van der Waals surface area contributed by atoms with Crippen LogP contribution in [0, 0.1) is 5.82 Å². The molecule has 1 heterocycles. The summed E-state index contributed by atoms with van der Waals surface area (Å²) >= 11 is 5.89. The van der Waals surface area contributed by atoms with Crippen molar-refractivity contribution in [1.29, 1.82) is 0 Å². The summed E-state index contributed by atoms with van der Waals surface area (Å²) in [5.41, 5.74) is 1.61. The third-order valence-corrected chi connectivity index (χ3v) is 5.25. The van der Waals surface area contributed by atoms with E-state index in [9.17, 15) is 9.18 Å². The fourth-order valence-electron chi connectivity index (χ4n) is 3.25. The molecule has 10 heteroatoms. The molecule has 0 saturated carbocycles. The number of ether oxygens (including phenoxy) is 2. The monoisotopic (exact) mass is 461 g/mol. The lowest BCUT2D eigenvalue weighted by atomic mass is 10.1. The van der Waals surface area contributed by atoms with Gasteiger partial charge < -0.3 is 25.4 Å². The highest BCUT2D eigenvalue weighted by Gasteiger charge is 2.18. The van der Waals surface area contributed by atoms with Crippen molar-refractivity contribution in [3.8, 4) is 5.75 Å². The second kappa shape index (κ2) is 11.0. The quantitative estimate of drug-likeness (QED) is 0.425. The minimum atomic E-state index is -0.567. The predicted octanol–water partition coefficient (Wildman–Crippen LogP) is 3.42. The highest BCUT2D eigenvalue weighted by atomic mass is 35.5. The zero-order valence-electron chi connectivity index (χ0n) is 18.0. The summed E-state index contributed by atoms with van der Waals surface area (Å²) in [6, 6.07) is 7.88. The van der Waals surface area contributed by atoms with Gasteiger partial charge in [0.1, 0.15) is 17.9 Å². The van der Waals surface area contributed by atoms with Crippen LogP contribution in [0.3, 0.4) is 0 Å². The Labute approximate surface area is 190 Å². The van der Waals surface area contributed by atoms with Crippen molar-refractivity contribution < 1.29 is 18.7 Å². The predicted molar refractivity (Wildman–Crippen MR) is 122 cm³/mol. The van der Waals surface area contributed by atoms with Crippen LogP contribution in [0.15, 0.2) is 36.7 Å². The van der Waals surface area contributed by atoms with Crippen molar-refractivity contribution in [2.45, 2.75) is 19.0 Å². The molecule has 3 aromatic rings. The number of nitrogens with one attached hydrogen (secondary N) is 3. The summed E-state index contributed by atoms with van der Waals surface area (Å²) in [6.45, 7) is 0.786. The van der Waals surface area contributed by atoms with Gasteiger partial charge in [0, 0.05) is 44.3 Å². The van der Waals surface area contributed by atoms with E-state index in [2.05, 4.69) is 25.9 Å². The normalized spacial score (nSPS) is 11.9. The molecule has 8 nitrogen and oxygen atoms in total. The third kappa shape index (κ3) is 5.42. The number of rotatable bonds is 10. The first kappa shape index (κ1) is 23.6. The number of methoxy groups -OCH3 is 2. The molecule has 32 heavy (non-hydrogen) atoms. The van der Waals surface area contributed by atoms with E-state index >= 15 is 0 Å². The lowest BCUT2D eigenvalue weighted by Crippen LogP contribution is -2.43. The maximum atomic E-state index is 14.4. The van der Waals surface area contributed by atoms with E-state index in [0.29, 0.717) is 42.0 Å². The van der Waals surface area contributed by atoms with Crippen molar-refractivity contribution in [2.75, 3.05) is 33.2 Å². The molecule has 0 radical (unpaired) electrons. The number of nitrogens with zero attached hydrogens (tertiary/aromatic N) is 2. The standard InChI is InChI=1S/C22H25ClFN5O3/c1-25-22(30)17(7-8-31-2)26-11-13-9-14-18(10-19(13)32-3)27-12-28-21(14)29-16-6-4-5-15(23)20(16)24/h4-6,9-10,12,17,26H,7-8,11H2,1-3H3,(H,25,30)(H,27,28,29)/t17-/m0/s1. The second-order valence-corrected chi connectivity index (χ2v) is 7.37. The molecular weight excluding hydrogens is 437 g/mol. The number of likely N-dealkylation sites (N-methyl/N-ethyl adjacent to an activating group) is 1. The van der Waals surface area contributed by atoms with Crippen LogP contribution in [-0.2, 0) is 16.1 Å². The molecule has 170 valence electrons. The summed E-state index contributed by atoms with van der Waals surface area (Å²) in [5.74, 6) is 0.320. The van der Waals surface area contributed by atoms with E-state index in [1.54, 1.807) is 39.5 Å². The Morgan fingerprint density at radius 2 is 2.06 bits per heavy atom. The van der Waals surface area contributed by atoms with Crippen LogP contribution in [-0.4, -0.2) is 49.8 Å². The Morgan fingerprint density at radius 1 is 1.25 bits per heavy atom. The first-order chi connectivity index (χ1) is 15.5. The molecule has 0 aliphatic carbocycles. The summed E-state index contributed by atoms with van der Waals surface area (Å²) in [7, 11) is 4.74. The van der Waals surface area contributed by atoms with Crippen LogP contribution < -0.4 is 20.7 Å². The number of aromatic nitrogens is 2. The average molecular weight is 462 g/mol. The van der Waals surface area contributed by atoms with E-state index in [1.807, 2.05) is 6.07 Å². The van der Waals surface area contributed by atoms with E-state index in [1.165, 1.54) is 12.4 Å². The molecule has 0 spiro atoms. The van der Waals surface area contributed by atoms with E-state index in [4.69, 9.17) is 21.1 Å². The van der Waals surface area contributed by atoms with Crippen LogP contribution >= 0.6 is 11.6 Å². The number of hydrogen-bond donors (Lipinski definition) is 3. The smallest absolute Gasteiger partial charge is 0.236 e. The maximum absolute atomic E-state index is 14.4. The molecule has 0 fully saturated rings. The molecule has 0 unspecified atom stereocenters. The van der Waals surface area contributed by atoms with Gasteiger partial charge in [-0.15, -0.1) is 0 Å². The molecular formula is C22H25ClFN5O3. The van der Waals surface area contributed by atoms with Gasteiger partial charge in [0.25, 0.3) is 0 Å². The molecule has 0 aliphatic heterocycles. The highest BCUT2D eigenvalue weighted by Crippen LogP contribution is 2.31. The fraction of sp³-hybridized carbons (Fsp3) is 0.318. The van der Waals surface area contributed by atoms with Crippen LogP contribution in [0.1, 0.15) is 12.0 Å². The molecule has 0 bridgehead atoms. The first-order valence-corrected chi connectivity index (χ1v) is 10.3. The van der Waals surface area contributed by atoms with Gasteiger partial charge in [0.15, 0.2) is 5.82 Å². The Bertz CT molecular complexity index is 1100. The van der Waals surface area contributed by atoms with Gasteiger partial charge in [-0.05, 0) is 24.6 Å². The van der Waals surface area contributed by atoms with Gasteiger partial charge in [-0.2, -0.15) is 0 Å². The number of anilines is 2. The largest absolute Gasteiger partial charge is 0.496 e. The van der Waals surface area contributed by atoms with E-state index < -0.39 is 11.9 Å². The zero-order chi connectivity index (χ0) is 23.1. The number of carbonyl (C=O) groups is 1. The Hall–Kier alpha value is -3.01. The summed E-state index contributed by atoms with van der Waals surface area (Å²) in [5, 5.41) is 9.55. The number of amides is 1. The maximum Gasteiger partial charge on any atom is 0.236 e. The molecule has 2 aromatic carbocycles. The SMILES string of the molecule is CNC(=O)[C@H](CCOC)NCc1cc2c(Nc3cccc(Cl)c3F)ncnc2cc1OC. The number of halogens is 2. The number of benzene rings is 2. The van der Waals surface area contributed by atoms with Crippen molar-refractivity contribution in [2.24, 2.45) is 0 Å². The fourth-order valence-corrected chi connectivity index (χ4v) is 3.43. The van der Waals surface area contributed by atoms with Gasteiger partial charge >= 0.3 is 0 Å². The zero-order valence-corrected chi connectivity index (χ0v) is 18.8. The Balaban J connectivity index is 1.93. The molecule has 1 aromatic heterocycles. The Kier molecular flexibility index (Phi) is 8.15. The van der Waals surface area contributed by atoms with Crippen LogP contribution in [0.4, 0.5) is 15.9 Å². The lowest BCUT2D eigenvalue weighted by molar-refractivity contribution is -0.123. The van der Waals surface area contributed by atoms with Gasteiger partial charge in [-0.1, -0.05) is 17.7 Å². The van der Waals surface area contributed by atoms with Gasteiger partial charge in [0.05, 0.1) is 29.4 Å². The minimum absolute atomic E-state index is 0.0104. The number of fused-ring (bicyclic) bond motifs is 1. The van der Waals surface area contributed by atoms with E-state index in [0.717, 1.165) is 5.56 Å². The average Bonchev–Trinajstić information content (AvgIpc) is 2.81. The van der Waals surface area contributed by atoms with Gasteiger partial charge in [-0.3, -0.25) is 4.79 Å². The molecule has 3 N–H and O–H groups in total. The minimum Gasteiger partial charge on any atom is -0.496 e. The summed E-state index contributed by atoms with van der Waals surface area (Å²) < 4.78 is 25.0. The Morgan fingerprint density at radius 3 is 2.78 bits per heavy atom. The van der Waals surface area contributed by atoms with Crippen molar-refractivity contribution in [3.63, 3.8) is 0 Å². The third-order valence-electron chi connectivity index (χ3n) is 4.95. The van der Waals surface area contributed by atoms with Gasteiger partial charge in [-0.25, -0.2) is 14.4 Å². The molecule has 0 saturated heterocycles. The summed E-state index contributed by atoms with van der Waals surface area (Å²) in [4.78, 5) is 20.8. The molecule has 3 rings (SSSR count). The number of carbonyl (C=O) groups excluding carboxylic acids is 1. The van der Waals surface area contributed by atoms with Crippen LogP contribution in [0.25, 0.3) is 10.9 Å². The molecule has 0 aliphatic rings. The van der Waals surface area contributed by atoms with Crippen molar-refractivity contribution >= 4 is 39.9 Å². The highest BCUT2D eigenvalue weighted by molar-refractivity contribution is 6.31. The van der Waals surface area contributed by atoms with E-state index in [-0.39, 0.29) is 16.6 Å².